The van der Waals surface area contributed by atoms with E-state index < -0.39 is 0 Å². The zero-order valence-electron chi connectivity index (χ0n) is 17.5. The molecule has 0 spiro atoms. The minimum absolute atomic E-state index is 0.124. The van der Waals surface area contributed by atoms with E-state index in [1.807, 2.05) is 0 Å². The Morgan fingerprint density at radius 1 is 0.600 bits per heavy atom. The summed E-state index contributed by atoms with van der Waals surface area (Å²) >= 11 is 0. The highest BCUT2D eigenvalue weighted by molar-refractivity contribution is 7.99. The highest BCUT2D eigenvalue weighted by Crippen LogP contribution is 2.43. The molecule has 0 bridgehead atoms. The topological polar surface area (TPSA) is 0 Å². The van der Waals surface area contributed by atoms with Crippen LogP contribution >= 0.6 is 15.1 Å². The minimum atomic E-state index is 0.124. The first-order chi connectivity index (χ1) is 14.9. The Morgan fingerprint density at radius 3 is 1.70 bits per heavy atom. The van der Waals surface area contributed by atoms with Gasteiger partial charge in [-0.1, -0.05) is 97.4 Å². The van der Waals surface area contributed by atoms with Crippen molar-refractivity contribution in [3.8, 4) is 0 Å². The molecule has 0 radical (unpaired) electrons. The van der Waals surface area contributed by atoms with Crippen molar-refractivity contribution < 1.29 is 0 Å². The van der Waals surface area contributed by atoms with Crippen LogP contribution in [0.4, 0.5) is 0 Å². The number of hydrogen-bond donors (Lipinski definition) is 0. The van der Waals surface area contributed by atoms with Gasteiger partial charge in [0.05, 0.1) is 7.87 Å². The second kappa shape index (κ2) is 11.3. The molecular formula is C28H31P2+. The first-order valence-electron chi connectivity index (χ1n) is 11.1. The molecule has 0 N–H and O–H groups in total. The molecule has 0 fully saturated rings. The first-order valence-corrected chi connectivity index (χ1v) is 14.6. The fourth-order valence-corrected chi connectivity index (χ4v) is 8.34. The van der Waals surface area contributed by atoms with E-state index in [1.165, 1.54) is 48.5 Å². The molecule has 0 amide bonds. The molecular weight excluding hydrogens is 398 g/mol. The molecule has 3 unspecified atom stereocenters. The molecule has 0 saturated heterocycles. The summed E-state index contributed by atoms with van der Waals surface area (Å²) in [6, 6.07) is 35.6. The third-order valence-corrected chi connectivity index (χ3v) is 10.5. The molecule has 1 aromatic heterocycles. The second-order valence-corrected chi connectivity index (χ2v) is 12.8. The van der Waals surface area contributed by atoms with E-state index in [2.05, 4.69) is 109 Å². The van der Waals surface area contributed by atoms with Crippen LogP contribution in [0.2, 0.25) is 0 Å². The molecule has 30 heavy (non-hydrogen) atoms. The van der Waals surface area contributed by atoms with E-state index in [0.717, 1.165) is 7.87 Å². The summed E-state index contributed by atoms with van der Waals surface area (Å²) in [5.41, 5.74) is 4.41. The summed E-state index contributed by atoms with van der Waals surface area (Å²) in [7, 11) is 1.17. The molecule has 3 atom stereocenters. The second-order valence-electron chi connectivity index (χ2n) is 8.03. The van der Waals surface area contributed by atoms with Gasteiger partial charge in [0.25, 0.3) is 0 Å². The molecule has 2 heteroatoms. The van der Waals surface area contributed by atoms with Crippen LogP contribution in [-0.4, -0.2) is 0 Å². The Kier molecular flexibility index (Phi) is 7.96. The monoisotopic (exact) mass is 429 g/mol. The summed E-state index contributed by atoms with van der Waals surface area (Å²) in [4.78, 5) is 0. The Labute approximate surface area is 184 Å². The molecule has 0 aliphatic carbocycles. The van der Waals surface area contributed by atoms with E-state index in [0.29, 0.717) is 11.8 Å². The van der Waals surface area contributed by atoms with Crippen molar-refractivity contribution in [2.24, 2.45) is 0 Å². The maximum atomic E-state index is 2.47. The van der Waals surface area contributed by atoms with Crippen molar-refractivity contribution in [2.45, 2.75) is 43.7 Å². The minimum Gasteiger partial charge on any atom is -0.0622 e. The summed E-state index contributed by atoms with van der Waals surface area (Å²) < 4.78 is 0. The molecule has 0 aliphatic heterocycles. The van der Waals surface area contributed by atoms with Gasteiger partial charge in [-0.25, -0.2) is 0 Å². The van der Waals surface area contributed by atoms with Crippen LogP contribution in [0.15, 0.2) is 109 Å². The lowest BCUT2D eigenvalue weighted by Gasteiger charge is -2.21. The predicted octanol–water partition coefficient (Wildman–Crippen LogP) is 9.16. The number of hydrogen-bond acceptors (Lipinski definition) is 0. The molecule has 3 aromatic carbocycles. The van der Waals surface area contributed by atoms with Gasteiger partial charge in [0, 0.05) is 5.92 Å². The van der Waals surface area contributed by atoms with Gasteiger partial charge in [0.15, 0.2) is 0 Å². The van der Waals surface area contributed by atoms with E-state index in [1.54, 1.807) is 0 Å². The molecule has 0 saturated carbocycles. The van der Waals surface area contributed by atoms with Crippen molar-refractivity contribution in [2.75, 3.05) is 0 Å². The number of benzene rings is 3. The summed E-state index contributed by atoms with van der Waals surface area (Å²) in [6.45, 7) is 0. The van der Waals surface area contributed by atoms with Crippen molar-refractivity contribution >= 4 is 15.1 Å². The average Bonchev–Trinajstić information content (AvgIpc) is 3.34. The standard InChI is InChI=1S/C28H31P2/c1-4-12-24(13-5-1)25(20-23-30-22-11-21-29-30)18-10-19-28(26-14-6-2-7-15-26)27-16-8-3-9-17-27/h1-9,11-17,21-22,25,28-29H,10,18-20,23H2/q+1. The smallest absolute Gasteiger partial charge is 0.0622 e. The van der Waals surface area contributed by atoms with Gasteiger partial charge < -0.3 is 0 Å². The molecule has 152 valence electrons. The lowest BCUT2D eigenvalue weighted by molar-refractivity contribution is 0.533. The van der Waals surface area contributed by atoms with Crippen molar-refractivity contribution in [1.29, 1.82) is 0 Å². The molecule has 4 rings (SSSR count). The van der Waals surface area contributed by atoms with Gasteiger partial charge >= 0.3 is 0 Å². The zero-order chi connectivity index (χ0) is 20.4. The predicted molar refractivity (Wildman–Crippen MR) is 135 cm³/mol. The van der Waals surface area contributed by atoms with Crippen LogP contribution in [0.1, 0.15) is 54.2 Å². The maximum Gasteiger partial charge on any atom is 0.135 e. The lowest BCUT2D eigenvalue weighted by Crippen LogP contribution is -2.04. The maximum absolute atomic E-state index is 2.47. The van der Waals surface area contributed by atoms with Crippen LogP contribution in [0.3, 0.4) is 0 Å². The lowest BCUT2D eigenvalue weighted by atomic mass is 9.84. The summed E-state index contributed by atoms with van der Waals surface area (Å²) in [6.07, 6.45) is 6.45. The van der Waals surface area contributed by atoms with E-state index >= 15 is 0 Å². The SMILES string of the molecule is c1ccc(C(CCCC(c2ccccc2)c2ccccc2)CC[p+]2ccc[pH]2)cc1. The van der Waals surface area contributed by atoms with E-state index in [4.69, 9.17) is 0 Å². The number of aryl methyl sites for hydroxylation is 1. The Bertz CT molecular complexity index is 924. The quantitative estimate of drug-likeness (QED) is 0.236. The third kappa shape index (κ3) is 5.95. The highest BCUT2D eigenvalue weighted by atomic mass is 31.9. The molecule has 0 aliphatic rings. The van der Waals surface area contributed by atoms with Gasteiger partial charge in [-0.15, -0.1) is 0 Å². The zero-order valence-corrected chi connectivity index (χ0v) is 19.4. The summed E-state index contributed by atoms with van der Waals surface area (Å²) in [5, 5.41) is 0. The molecule has 4 aromatic rings. The van der Waals surface area contributed by atoms with Gasteiger partial charge in [-0.2, -0.15) is 0 Å². The van der Waals surface area contributed by atoms with Gasteiger partial charge in [0.2, 0.25) is 0 Å². The van der Waals surface area contributed by atoms with Gasteiger partial charge in [-0.05, 0) is 53.7 Å². The average molecular weight is 430 g/mol. The Balaban J connectivity index is 1.45. The normalized spacial score (nSPS) is 13.0. The summed E-state index contributed by atoms with van der Waals surface area (Å²) in [5.74, 6) is 6.01. The largest absolute Gasteiger partial charge is 0.135 e. The van der Waals surface area contributed by atoms with E-state index in [-0.39, 0.29) is 7.21 Å². The molecule has 0 nitrogen and oxygen atoms in total. The number of rotatable bonds is 10. The van der Waals surface area contributed by atoms with Crippen molar-refractivity contribution in [1.82, 2.24) is 0 Å². The van der Waals surface area contributed by atoms with E-state index in [9.17, 15) is 0 Å². The van der Waals surface area contributed by atoms with Gasteiger partial charge in [-0.3, -0.25) is 0 Å². The third-order valence-electron chi connectivity index (χ3n) is 6.04. The Morgan fingerprint density at radius 2 is 1.17 bits per heavy atom. The molecule has 1 heterocycles. The first kappa shape index (κ1) is 21.1. The van der Waals surface area contributed by atoms with Crippen LogP contribution in [0, 0.1) is 0 Å². The van der Waals surface area contributed by atoms with Crippen LogP contribution in [0.5, 0.6) is 0 Å². The van der Waals surface area contributed by atoms with Gasteiger partial charge in [0.1, 0.15) is 19.2 Å². The van der Waals surface area contributed by atoms with Crippen LogP contribution in [-0.2, 0) is 6.16 Å². The van der Waals surface area contributed by atoms with Crippen molar-refractivity contribution in [3.05, 3.63) is 125 Å². The fraction of sp³-hybridized carbons (Fsp3) is 0.250. The Hall–Kier alpha value is -2.13. The van der Waals surface area contributed by atoms with Crippen LogP contribution in [0.25, 0.3) is 0 Å². The van der Waals surface area contributed by atoms with Crippen LogP contribution < -0.4 is 0 Å². The highest BCUT2D eigenvalue weighted by Gasteiger charge is 2.18. The van der Waals surface area contributed by atoms with Crippen molar-refractivity contribution in [3.63, 3.8) is 0 Å². The fourth-order valence-electron chi connectivity index (χ4n) is 4.43.